The molecule has 1 amide bonds. The second-order valence-corrected chi connectivity index (χ2v) is 4.75. The number of rotatable bonds is 2. The summed E-state index contributed by atoms with van der Waals surface area (Å²) in [5.74, 6) is -1.08. The van der Waals surface area contributed by atoms with E-state index in [1.807, 2.05) is 0 Å². The number of hydrogen-bond acceptors (Lipinski definition) is 4. The quantitative estimate of drug-likeness (QED) is 0.887. The number of para-hydroxylation sites is 2. The molecule has 1 atom stereocenters. The zero-order valence-corrected chi connectivity index (χ0v) is 11.3. The van der Waals surface area contributed by atoms with E-state index in [1.165, 1.54) is 11.2 Å². The van der Waals surface area contributed by atoms with Gasteiger partial charge in [-0.2, -0.15) is 0 Å². The summed E-state index contributed by atoms with van der Waals surface area (Å²) >= 11 is 0. The Bertz CT molecular complexity index is 710. The number of benzene rings is 1. The minimum absolute atomic E-state index is 0.0538. The average Bonchev–Trinajstić information content (AvgIpc) is 2.92. The molecule has 7 nitrogen and oxygen atoms in total. The number of fused-ring (bicyclic) bond motifs is 1. The summed E-state index contributed by atoms with van der Waals surface area (Å²) in [4.78, 5) is 29.1. The molecule has 1 unspecified atom stereocenters. The normalized spacial score (nSPS) is 17.0. The Labute approximate surface area is 120 Å². The van der Waals surface area contributed by atoms with Crippen LogP contribution in [0.25, 0.3) is 0 Å². The molecule has 0 spiro atoms. The highest BCUT2D eigenvalue weighted by Gasteiger charge is 2.34. The third-order valence-corrected chi connectivity index (χ3v) is 3.22. The number of ether oxygens (including phenoxy) is 1. The fourth-order valence-electron chi connectivity index (χ4n) is 2.22. The maximum Gasteiger partial charge on any atom is 0.346 e. The molecule has 2 heterocycles. The molecule has 1 aromatic carbocycles. The molecule has 1 aliphatic heterocycles. The van der Waals surface area contributed by atoms with Crippen molar-refractivity contribution in [3.8, 4) is 5.75 Å². The molecule has 108 valence electrons. The van der Waals surface area contributed by atoms with E-state index < -0.39 is 12.1 Å². The maximum absolute atomic E-state index is 12.5. The second-order valence-electron chi connectivity index (χ2n) is 4.75. The van der Waals surface area contributed by atoms with Crippen molar-refractivity contribution < 1.29 is 19.4 Å². The van der Waals surface area contributed by atoms with Crippen molar-refractivity contribution in [3.05, 3.63) is 42.5 Å². The number of nitrogens with zero attached hydrogens (tertiary/aromatic N) is 3. The molecular formula is C14H13N3O4. The Kier molecular flexibility index (Phi) is 3.09. The minimum atomic E-state index is -1.11. The summed E-state index contributed by atoms with van der Waals surface area (Å²) in [5.41, 5.74) is 0.809. The Morgan fingerprint density at radius 3 is 2.81 bits per heavy atom. The van der Waals surface area contributed by atoms with Crippen LogP contribution in [0.1, 0.15) is 10.5 Å². The second kappa shape index (κ2) is 4.93. The van der Waals surface area contributed by atoms with Gasteiger partial charge in [-0.1, -0.05) is 12.1 Å². The highest BCUT2D eigenvalue weighted by atomic mass is 16.5. The molecule has 1 aliphatic rings. The number of imidazole rings is 1. The van der Waals surface area contributed by atoms with Gasteiger partial charge in [0.25, 0.3) is 5.91 Å². The summed E-state index contributed by atoms with van der Waals surface area (Å²) < 4.78 is 7.06. The highest BCUT2D eigenvalue weighted by molar-refractivity contribution is 6.06. The standard InChI is InChI=1S/C14H13N3O4/c1-16-6-9(15-8-16)13(18)17-7-12(14(19)20)21-11-5-3-2-4-10(11)17/h2-6,8,12H,7H2,1H3,(H,19,20). The first kappa shape index (κ1) is 13.2. The fraction of sp³-hybridized carbons (Fsp3) is 0.214. The molecule has 0 aliphatic carbocycles. The third kappa shape index (κ3) is 2.33. The van der Waals surface area contributed by atoms with Gasteiger partial charge in [0.15, 0.2) is 0 Å². The molecule has 0 saturated carbocycles. The van der Waals surface area contributed by atoms with E-state index in [1.54, 1.807) is 42.1 Å². The molecule has 0 saturated heterocycles. The summed E-state index contributed by atoms with van der Waals surface area (Å²) in [5, 5.41) is 9.16. The molecule has 7 heteroatoms. The first-order chi connectivity index (χ1) is 10.1. The topological polar surface area (TPSA) is 84.7 Å². The molecule has 1 aromatic heterocycles. The zero-order valence-electron chi connectivity index (χ0n) is 11.3. The van der Waals surface area contributed by atoms with Gasteiger partial charge in [-0.15, -0.1) is 0 Å². The van der Waals surface area contributed by atoms with E-state index in [9.17, 15) is 9.59 Å². The zero-order chi connectivity index (χ0) is 15.0. The largest absolute Gasteiger partial charge is 0.478 e. The van der Waals surface area contributed by atoms with Gasteiger partial charge in [0.2, 0.25) is 6.10 Å². The van der Waals surface area contributed by atoms with Crippen molar-refractivity contribution in [2.75, 3.05) is 11.4 Å². The Morgan fingerprint density at radius 2 is 2.14 bits per heavy atom. The van der Waals surface area contributed by atoms with Crippen LogP contribution in [0.5, 0.6) is 5.75 Å². The van der Waals surface area contributed by atoms with E-state index in [0.29, 0.717) is 11.4 Å². The van der Waals surface area contributed by atoms with E-state index in [2.05, 4.69) is 4.98 Å². The van der Waals surface area contributed by atoms with Crippen LogP contribution >= 0.6 is 0 Å². The van der Waals surface area contributed by atoms with Crippen molar-refractivity contribution in [2.45, 2.75) is 6.10 Å². The number of carboxylic acids is 1. The predicted octanol–water partition coefficient (Wildman–Crippen LogP) is 0.912. The lowest BCUT2D eigenvalue weighted by Gasteiger charge is -2.32. The van der Waals surface area contributed by atoms with Crippen molar-refractivity contribution in [2.24, 2.45) is 7.05 Å². The molecule has 21 heavy (non-hydrogen) atoms. The first-order valence-corrected chi connectivity index (χ1v) is 6.34. The molecule has 3 rings (SSSR count). The van der Waals surface area contributed by atoms with Crippen molar-refractivity contribution >= 4 is 17.6 Å². The van der Waals surface area contributed by atoms with Crippen LogP contribution in [-0.2, 0) is 11.8 Å². The number of anilines is 1. The molecule has 2 aromatic rings. The summed E-state index contributed by atoms with van der Waals surface area (Å²) in [6.07, 6.45) is 2.03. The smallest absolute Gasteiger partial charge is 0.346 e. The Morgan fingerprint density at radius 1 is 1.38 bits per heavy atom. The van der Waals surface area contributed by atoms with Crippen LogP contribution in [0.2, 0.25) is 0 Å². The van der Waals surface area contributed by atoms with Gasteiger partial charge in [-0.25, -0.2) is 9.78 Å². The molecule has 0 fully saturated rings. The summed E-state index contributed by atoms with van der Waals surface area (Å²) in [7, 11) is 1.76. The Balaban J connectivity index is 2.00. The van der Waals surface area contributed by atoms with E-state index in [-0.39, 0.29) is 18.1 Å². The van der Waals surface area contributed by atoms with Crippen molar-refractivity contribution in [3.63, 3.8) is 0 Å². The number of carbonyl (C=O) groups is 2. The number of amides is 1. The van der Waals surface area contributed by atoms with Crippen LogP contribution in [0.15, 0.2) is 36.8 Å². The van der Waals surface area contributed by atoms with Crippen LogP contribution in [-0.4, -0.2) is 39.2 Å². The number of aromatic nitrogens is 2. The number of aryl methyl sites for hydroxylation is 1. The third-order valence-electron chi connectivity index (χ3n) is 3.22. The van der Waals surface area contributed by atoms with E-state index in [0.717, 1.165) is 0 Å². The lowest BCUT2D eigenvalue weighted by molar-refractivity contribution is -0.144. The van der Waals surface area contributed by atoms with E-state index in [4.69, 9.17) is 9.84 Å². The van der Waals surface area contributed by atoms with Crippen LogP contribution < -0.4 is 9.64 Å². The molecule has 1 N–H and O–H groups in total. The van der Waals surface area contributed by atoms with Gasteiger partial charge in [0, 0.05) is 13.2 Å². The molecule has 0 bridgehead atoms. The monoisotopic (exact) mass is 287 g/mol. The van der Waals surface area contributed by atoms with Gasteiger partial charge < -0.3 is 14.4 Å². The summed E-state index contributed by atoms with van der Waals surface area (Å²) in [6.45, 7) is -0.0538. The van der Waals surface area contributed by atoms with E-state index >= 15 is 0 Å². The van der Waals surface area contributed by atoms with Crippen LogP contribution in [0.4, 0.5) is 5.69 Å². The van der Waals surface area contributed by atoms with Gasteiger partial charge in [0.1, 0.15) is 11.4 Å². The Hall–Kier alpha value is -2.83. The highest BCUT2D eigenvalue weighted by Crippen LogP contribution is 2.33. The summed E-state index contributed by atoms with van der Waals surface area (Å²) in [6, 6.07) is 6.85. The van der Waals surface area contributed by atoms with Crippen molar-refractivity contribution in [1.29, 1.82) is 0 Å². The lowest BCUT2D eigenvalue weighted by atomic mass is 10.1. The van der Waals surface area contributed by atoms with Crippen LogP contribution in [0.3, 0.4) is 0 Å². The van der Waals surface area contributed by atoms with Gasteiger partial charge in [-0.05, 0) is 12.1 Å². The maximum atomic E-state index is 12.5. The molecular weight excluding hydrogens is 274 g/mol. The number of carboxylic acid groups (broad SMARTS) is 1. The van der Waals surface area contributed by atoms with Gasteiger partial charge in [0.05, 0.1) is 18.6 Å². The minimum Gasteiger partial charge on any atom is -0.478 e. The molecule has 0 radical (unpaired) electrons. The van der Waals surface area contributed by atoms with Crippen LogP contribution in [0, 0.1) is 0 Å². The number of aliphatic carboxylic acids is 1. The van der Waals surface area contributed by atoms with Gasteiger partial charge in [-0.3, -0.25) is 9.69 Å². The SMILES string of the molecule is Cn1cnc(C(=O)N2CC(C(=O)O)Oc3ccccc32)c1. The fourth-order valence-corrected chi connectivity index (χ4v) is 2.22. The van der Waals surface area contributed by atoms with Crippen molar-refractivity contribution in [1.82, 2.24) is 9.55 Å². The number of hydrogen-bond donors (Lipinski definition) is 1. The number of carbonyl (C=O) groups excluding carboxylic acids is 1. The van der Waals surface area contributed by atoms with Gasteiger partial charge >= 0.3 is 5.97 Å². The first-order valence-electron chi connectivity index (χ1n) is 6.34. The average molecular weight is 287 g/mol. The lowest BCUT2D eigenvalue weighted by Crippen LogP contribution is -2.47. The predicted molar refractivity (Wildman–Crippen MR) is 73.4 cm³/mol.